The summed E-state index contributed by atoms with van der Waals surface area (Å²) in [6.07, 6.45) is 2.20. The van der Waals surface area contributed by atoms with Crippen LogP contribution >= 0.6 is 11.8 Å². The summed E-state index contributed by atoms with van der Waals surface area (Å²) >= 11 is 1.13. The highest BCUT2D eigenvalue weighted by atomic mass is 32.2. The monoisotopic (exact) mass is 336 g/mol. The molecule has 0 unspecified atom stereocenters. The van der Waals surface area contributed by atoms with E-state index in [1.54, 1.807) is 0 Å². The summed E-state index contributed by atoms with van der Waals surface area (Å²) in [5.74, 6) is 0.662. The molecule has 0 aromatic carbocycles. The van der Waals surface area contributed by atoms with E-state index in [-0.39, 0.29) is 17.1 Å². The second-order valence-corrected chi connectivity index (χ2v) is 6.40. The smallest absolute Gasteiger partial charge is 0.332 e. The molecule has 9 nitrogen and oxygen atoms in total. The van der Waals surface area contributed by atoms with E-state index in [1.807, 2.05) is 0 Å². The molecule has 0 radical (unpaired) electrons. The fraction of sp³-hybridized carbons (Fsp3) is 0.462. The molecule has 3 N–H and O–H groups in total. The Labute approximate surface area is 134 Å². The van der Waals surface area contributed by atoms with Crippen molar-refractivity contribution in [2.75, 3.05) is 11.5 Å². The van der Waals surface area contributed by atoms with E-state index in [9.17, 15) is 14.4 Å². The predicted molar refractivity (Wildman–Crippen MR) is 84.7 cm³/mol. The van der Waals surface area contributed by atoms with Gasteiger partial charge in [0, 0.05) is 20.0 Å². The van der Waals surface area contributed by atoms with E-state index >= 15 is 0 Å². The minimum atomic E-state index is -0.690. The lowest BCUT2D eigenvalue weighted by molar-refractivity contribution is 0.102. The highest BCUT2D eigenvalue weighted by Gasteiger charge is 2.27. The molecule has 0 spiro atoms. The van der Waals surface area contributed by atoms with E-state index in [2.05, 4.69) is 15.2 Å². The van der Waals surface area contributed by atoms with Crippen molar-refractivity contribution >= 4 is 23.4 Å². The number of aromatic nitrogens is 5. The van der Waals surface area contributed by atoms with Crippen molar-refractivity contribution in [3.63, 3.8) is 0 Å². The number of Topliss-reactive ketones (excluding diaryl/α,β-unsaturated/α-hetero) is 1. The number of nitrogens with zero attached hydrogens (tertiary/aromatic N) is 4. The molecule has 0 bridgehead atoms. The fourth-order valence-electron chi connectivity index (χ4n) is 2.19. The summed E-state index contributed by atoms with van der Waals surface area (Å²) < 4.78 is 1.95. The Kier molecular flexibility index (Phi) is 3.84. The van der Waals surface area contributed by atoms with Crippen LogP contribution in [0.3, 0.4) is 0 Å². The molecule has 0 amide bonds. The number of ketones is 1. The fourth-order valence-corrected chi connectivity index (χ4v) is 2.86. The van der Waals surface area contributed by atoms with Crippen LogP contribution in [0.4, 0.5) is 5.82 Å². The van der Waals surface area contributed by atoms with E-state index in [1.165, 1.54) is 14.1 Å². The summed E-state index contributed by atoms with van der Waals surface area (Å²) in [6.45, 7) is 0. The second-order valence-electron chi connectivity index (χ2n) is 5.46. The Morgan fingerprint density at radius 1 is 1.35 bits per heavy atom. The first-order valence-corrected chi connectivity index (χ1v) is 8.02. The SMILES string of the molecule is Cn1c(N)c(C(=O)CSc2n[nH]c(C3CC3)n2)c(=O)n(C)c1=O. The number of carbonyl (C=O) groups is 1. The minimum absolute atomic E-state index is 0.0282. The quantitative estimate of drug-likeness (QED) is 0.563. The van der Waals surface area contributed by atoms with Crippen molar-refractivity contribution < 1.29 is 4.79 Å². The first-order chi connectivity index (χ1) is 10.9. The maximum absolute atomic E-state index is 12.3. The van der Waals surface area contributed by atoms with Crippen LogP contribution in [0.15, 0.2) is 14.7 Å². The third kappa shape index (κ3) is 2.81. The van der Waals surface area contributed by atoms with Crippen molar-refractivity contribution in [2.45, 2.75) is 23.9 Å². The second kappa shape index (κ2) is 5.69. The summed E-state index contributed by atoms with van der Waals surface area (Å²) in [7, 11) is 2.73. The van der Waals surface area contributed by atoms with Gasteiger partial charge in [0.2, 0.25) is 5.16 Å². The van der Waals surface area contributed by atoms with Gasteiger partial charge in [-0.3, -0.25) is 23.8 Å². The lowest BCUT2D eigenvalue weighted by Gasteiger charge is -2.10. The zero-order valence-electron chi connectivity index (χ0n) is 12.7. The average molecular weight is 336 g/mol. The van der Waals surface area contributed by atoms with E-state index in [0.29, 0.717) is 11.1 Å². The third-order valence-electron chi connectivity index (χ3n) is 3.77. The van der Waals surface area contributed by atoms with Gasteiger partial charge >= 0.3 is 5.69 Å². The summed E-state index contributed by atoms with van der Waals surface area (Å²) in [4.78, 5) is 40.5. The van der Waals surface area contributed by atoms with Crippen LogP contribution < -0.4 is 17.0 Å². The predicted octanol–water partition coefficient (Wildman–Crippen LogP) is -0.363. The van der Waals surface area contributed by atoms with Crippen molar-refractivity contribution in [1.29, 1.82) is 0 Å². The number of H-pyrrole nitrogens is 1. The largest absolute Gasteiger partial charge is 0.384 e. The van der Waals surface area contributed by atoms with Gasteiger partial charge in [-0.05, 0) is 12.8 Å². The molecule has 3 rings (SSSR count). The van der Waals surface area contributed by atoms with Crippen molar-refractivity contribution in [3.05, 3.63) is 32.2 Å². The number of hydrogen-bond acceptors (Lipinski definition) is 7. The number of hydrogen-bond donors (Lipinski definition) is 2. The lowest BCUT2D eigenvalue weighted by Crippen LogP contribution is -2.41. The molecule has 2 aromatic rings. The summed E-state index contributed by atoms with van der Waals surface area (Å²) in [5.41, 5.74) is 4.32. The zero-order valence-corrected chi connectivity index (χ0v) is 13.5. The summed E-state index contributed by atoms with van der Waals surface area (Å²) in [6, 6.07) is 0. The normalized spacial score (nSPS) is 14.2. The molecule has 23 heavy (non-hydrogen) atoms. The van der Waals surface area contributed by atoms with E-state index in [4.69, 9.17) is 5.73 Å². The first kappa shape index (κ1) is 15.5. The third-order valence-corrected chi connectivity index (χ3v) is 4.61. The maximum atomic E-state index is 12.3. The molecule has 1 aliphatic rings. The van der Waals surface area contributed by atoms with Crippen molar-refractivity contribution in [3.8, 4) is 0 Å². The molecule has 2 heterocycles. The standard InChI is InChI=1S/C13H16N6O3S/c1-18-9(14)8(11(21)19(2)13(18)22)7(20)5-23-12-15-10(16-17-12)6-3-4-6/h6H,3-5,14H2,1-2H3,(H,15,16,17). The molecule has 1 fully saturated rings. The number of thioether (sulfide) groups is 1. The number of rotatable bonds is 5. The van der Waals surface area contributed by atoms with Crippen LogP contribution in [-0.2, 0) is 14.1 Å². The Morgan fingerprint density at radius 2 is 2.04 bits per heavy atom. The minimum Gasteiger partial charge on any atom is -0.384 e. The molecule has 10 heteroatoms. The molecular formula is C13H16N6O3S. The van der Waals surface area contributed by atoms with Gasteiger partial charge in [-0.1, -0.05) is 11.8 Å². The Morgan fingerprint density at radius 3 is 2.70 bits per heavy atom. The number of nitrogens with one attached hydrogen (secondary N) is 1. The van der Waals surface area contributed by atoms with Gasteiger partial charge in [-0.15, -0.1) is 5.10 Å². The van der Waals surface area contributed by atoms with Crippen molar-refractivity contribution in [1.82, 2.24) is 24.3 Å². The lowest BCUT2D eigenvalue weighted by atomic mass is 10.2. The molecule has 1 saturated carbocycles. The van der Waals surface area contributed by atoms with Crippen molar-refractivity contribution in [2.24, 2.45) is 14.1 Å². The highest BCUT2D eigenvalue weighted by molar-refractivity contribution is 7.99. The van der Waals surface area contributed by atoms with Gasteiger partial charge in [0.15, 0.2) is 5.78 Å². The van der Waals surface area contributed by atoms with Gasteiger partial charge in [0.1, 0.15) is 17.2 Å². The topological polar surface area (TPSA) is 129 Å². The maximum Gasteiger partial charge on any atom is 0.332 e. The molecular weight excluding hydrogens is 320 g/mol. The highest BCUT2D eigenvalue weighted by Crippen LogP contribution is 2.38. The first-order valence-electron chi connectivity index (χ1n) is 7.04. The van der Waals surface area contributed by atoms with Crippen LogP contribution in [0.1, 0.15) is 34.9 Å². The summed E-state index contributed by atoms with van der Waals surface area (Å²) in [5, 5.41) is 7.35. The average Bonchev–Trinajstić information content (AvgIpc) is 3.28. The van der Waals surface area contributed by atoms with Gasteiger partial charge in [0.05, 0.1) is 5.75 Å². The number of nitrogen functional groups attached to an aromatic ring is 1. The number of anilines is 1. The van der Waals surface area contributed by atoms with Crippen LogP contribution in [0.5, 0.6) is 0 Å². The Balaban J connectivity index is 1.80. The van der Waals surface area contributed by atoms with Crippen LogP contribution in [0, 0.1) is 0 Å². The molecule has 2 aromatic heterocycles. The molecule has 1 aliphatic carbocycles. The molecule has 0 saturated heterocycles. The van der Waals surface area contributed by atoms with Gasteiger partial charge in [0.25, 0.3) is 5.56 Å². The molecule has 0 aliphatic heterocycles. The molecule has 122 valence electrons. The number of nitrogens with two attached hydrogens (primary N) is 1. The van der Waals surface area contributed by atoms with E-state index < -0.39 is 17.0 Å². The van der Waals surface area contributed by atoms with Gasteiger partial charge < -0.3 is 5.73 Å². The van der Waals surface area contributed by atoms with E-state index in [0.717, 1.165) is 39.6 Å². The van der Waals surface area contributed by atoms with Crippen LogP contribution in [0.25, 0.3) is 0 Å². The van der Waals surface area contributed by atoms with Gasteiger partial charge in [-0.2, -0.15) is 0 Å². The Hall–Kier alpha value is -2.36. The Bertz CT molecular complexity index is 892. The van der Waals surface area contributed by atoms with Gasteiger partial charge in [-0.25, -0.2) is 9.78 Å². The van der Waals surface area contributed by atoms with Crippen LogP contribution in [-0.4, -0.2) is 35.9 Å². The molecule has 0 atom stereocenters. The zero-order chi connectivity index (χ0) is 16.7. The number of carbonyl (C=O) groups excluding carboxylic acids is 1. The number of aromatic amines is 1. The van der Waals surface area contributed by atoms with Crippen LogP contribution in [0.2, 0.25) is 0 Å².